The number of rotatable bonds is 6. The van der Waals surface area contributed by atoms with Crippen LogP contribution in [0.4, 0.5) is 8.78 Å². The van der Waals surface area contributed by atoms with Crippen LogP contribution >= 0.6 is 0 Å². The number of benzene rings is 4. The van der Waals surface area contributed by atoms with Crippen molar-refractivity contribution in [3.63, 3.8) is 0 Å². The first kappa shape index (κ1) is 19.8. The lowest BCUT2D eigenvalue weighted by Crippen LogP contribution is -2.17. The zero-order valence-electron chi connectivity index (χ0n) is 16.6. The highest BCUT2D eigenvalue weighted by Crippen LogP contribution is 2.43. The molecule has 0 saturated carbocycles. The van der Waals surface area contributed by atoms with Gasteiger partial charge in [-0.05, 0) is 47.0 Å². The Morgan fingerprint density at radius 2 is 1.27 bits per heavy atom. The number of ether oxygens (including phenoxy) is 1. The van der Waals surface area contributed by atoms with E-state index < -0.39 is 0 Å². The molecule has 0 aliphatic rings. The van der Waals surface area contributed by atoms with Crippen molar-refractivity contribution in [2.75, 3.05) is 7.11 Å². The topological polar surface area (TPSA) is 9.23 Å². The standard InChI is InChI=1S/C27H21F2O/c1-30-23-17-13-20(14-18-23)26(19-7-3-2-4-8-19)27(21-11-15-22(28)16-12-21)24-9-5-6-10-25(24)29/h2-18,26H,1H3. The molecule has 0 amide bonds. The maximum atomic E-state index is 15.0. The van der Waals surface area contributed by atoms with Crippen LogP contribution in [-0.2, 0) is 0 Å². The highest BCUT2D eigenvalue weighted by atomic mass is 19.1. The second-order valence-electron chi connectivity index (χ2n) is 7.02. The summed E-state index contributed by atoms with van der Waals surface area (Å²) in [7, 11) is 1.62. The van der Waals surface area contributed by atoms with Crippen molar-refractivity contribution in [1.82, 2.24) is 0 Å². The average molecular weight is 399 g/mol. The van der Waals surface area contributed by atoms with Crippen molar-refractivity contribution < 1.29 is 13.5 Å². The molecule has 0 aliphatic carbocycles. The Labute approximate surface area is 175 Å². The summed E-state index contributed by atoms with van der Waals surface area (Å²) in [5.74, 6) is 0.641. The molecule has 149 valence electrons. The van der Waals surface area contributed by atoms with Crippen LogP contribution in [0.25, 0.3) is 0 Å². The monoisotopic (exact) mass is 399 g/mol. The Kier molecular flexibility index (Phi) is 5.89. The normalized spacial score (nSPS) is 12.0. The fraction of sp³-hybridized carbons (Fsp3) is 0.0741. The SMILES string of the molecule is COc1ccc(C([C](c2ccc(F)cc2)c2ccccc2F)c2ccccc2)cc1. The third kappa shape index (κ3) is 4.11. The van der Waals surface area contributed by atoms with E-state index >= 15 is 4.39 Å². The van der Waals surface area contributed by atoms with Gasteiger partial charge in [0.15, 0.2) is 0 Å². The van der Waals surface area contributed by atoms with Gasteiger partial charge in [-0.3, -0.25) is 0 Å². The molecule has 0 aliphatic heterocycles. The van der Waals surface area contributed by atoms with Crippen LogP contribution in [-0.4, -0.2) is 7.11 Å². The molecule has 0 N–H and O–H groups in total. The van der Waals surface area contributed by atoms with Gasteiger partial charge in [0, 0.05) is 17.4 Å². The van der Waals surface area contributed by atoms with Crippen LogP contribution in [0.5, 0.6) is 5.75 Å². The molecule has 0 heterocycles. The highest BCUT2D eigenvalue weighted by molar-refractivity contribution is 5.56. The summed E-state index contributed by atoms with van der Waals surface area (Å²) >= 11 is 0. The van der Waals surface area contributed by atoms with Crippen molar-refractivity contribution in [2.24, 2.45) is 0 Å². The second kappa shape index (κ2) is 8.91. The van der Waals surface area contributed by atoms with Gasteiger partial charge in [-0.15, -0.1) is 0 Å². The Morgan fingerprint density at radius 1 is 0.667 bits per heavy atom. The lowest BCUT2D eigenvalue weighted by molar-refractivity contribution is 0.414. The maximum Gasteiger partial charge on any atom is 0.127 e. The molecule has 30 heavy (non-hydrogen) atoms. The minimum atomic E-state index is -0.327. The van der Waals surface area contributed by atoms with Crippen LogP contribution in [0.1, 0.15) is 28.2 Å². The third-order valence-electron chi connectivity index (χ3n) is 5.19. The molecule has 3 heteroatoms. The van der Waals surface area contributed by atoms with E-state index in [9.17, 15) is 4.39 Å². The summed E-state index contributed by atoms with van der Waals surface area (Å²) in [6.45, 7) is 0. The Bertz CT molecular complexity index is 1090. The van der Waals surface area contributed by atoms with E-state index in [0.29, 0.717) is 5.56 Å². The quantitative estimate of drug-likeness (QED) is 0.347. The van der Waals surface area contributed by atoms with Gasteiger partial charge in [-0.25, -0.2) is 8.78 Å². The molecule has 1 radical (unpaired) electrons. The molecule has 1 nitrogen and oxygen atoms in total. The first-order valence-electron chi connectivity index (χ1n) is 9.74. The highest BCUT2D eigenvalue weighted by Gasteiger charge is 2.30. The third-order valence-corrected chi connectivity index (χ3v) is 5.19. The van der Waals surface area contributed by atoms with Crippen molar-refractivity contribution in [1.29, 1.82) is 0 Å². The minimum Gasteiger partial charge on any atom is -0.497 e. The lowest BCUT2D eigenvalue weighted by atomic mass is 9.73. The van der Waals surface area contributed by atoms with E-state index in [1.165, 1.54) is 18.2 Å². The molecular formula is C27H21F2O. The number of hydrogen-bond acceptors (Lipinski definition) is 1. The van der Waals surface area contributed by atoms with Crippen LogP contribution in [0.15, 0.2) is 103 Å². The molecule has 0 spiro atoms. The summed E-state index contributed by atoms with van der Waals surface area (Å²) in [6.07, 6.45) is 0. The van der Waals surface area contributed by atoms with Crippen LogP contribution < -0.4 is 4.74 Å². The van der Waals surface area contributed by atoms with Gasteiger partial charge >= 0.3 is 0 Å². The number of hydrogen-bond donors (Lipinski definition) is 0. The number of methoxy groups -OCH3 is 1. The first-order valence-corrected chi connectivity index (χ1v) is 9.74. The predicted molar refractivity (Wildman–Crippen MR) is 116 cm³/mol. The van der Waals surface area contributed by atoms with Gasteiger partial charge in [0.2, 0.25) is 0 Å². The van der Waals surface area contributed by atoms with Gasteiger partial charge in [-0.2, -0.15) is 0 Å². The van der Waals surface area contributed by atoms with Gasteiger partial charge in [0.1, 0.15) is 17.4 Å². The molecule has 4 aromatic carbocycles. The zero-order chi connectivity index (χ0) is 20.9. The smallest absolute Gasteiger partial charge is 0.127 e. The van der Waals surface area contributed by atoms with E-state index in [4.69, 9.17) is 4.74 Å². The van der Waals surface area contributed by atoms with Gasteiger partial charge in [0.05, 0.1) is 7.11 Å². The molecule has 0 aromatic heterocycles. The number of halogens is 2. The van der Waals surface area contributed by atoms with Crippen molar-refractivity contribution in [2.45, 2.75) is 5.92 Å². The minimum absolute atomic E-state index is 0.250. The lowest BCUT2D eigenvalue weighted by Gasteiger charge is -2.29. The maximum absolute atomic E-state index is 15.0. The van der Waals surface area contributed by atoms with Gasteiger partial charge < -0.3 is 4.74 Å². The van der Waals surface area contributed by atoms with E-state index in [1.807, 2.05) is 60.7 Å². The summed E-state index contributed by atoms with van der Waals surface area (Å²) in [5, 5.41) is 0. The largest absolute Gasteiger partial charge is 0.497 e. The fourth-order valence-corrected chi connectivity index (χ4v) is 3.75. The van der Waals surface area contributed by atoms with E-state index in [1.54, 1.807) is 31.4 Å². The summed E-state index contributed by atoms with van der Waals surface area (Å²) < 4.78 is 34.0. The van der Waals surface area contributed by atoms with E-state index in [2.05, 4.69) is 0 Å². The second-order valence-corrected chi connectivity index (χ2v) is 7.02. The van der Waals surface area contributed by atoms with Crippen molar-refractivity contribution >= 4 is 0 Å². The van der Waals surface area contributed by atoms with E-state index in [-0.39, 0.29) is 17.6 Å². The predicted octanol–water partition coefficient (Wildman–Crippen LogP) is 6.78. The molecule has 0 fully saturated rings. The first-order chi connectivity index (χ1) is 14.7. The molecular weight excluding hydrogens is 378 g/mol. The van der Waals surface area contributed by atoms with Gasteiger partial charge in [0.25, 0.3) is 0 Å². The van der Waals surface area contributed by atoms with Crippen LogP contribution in [0, 0.1) is 17.6 Å². The summed E-state index contributed by atoms with van der Waals surface area (Å²) in [5.41, 5.74) is 3.27. The Morgan fingerprint density at radius 3 is 1.90 bits per heavy atom. The molecule has 1 unspecified atom stereocenters. The molecule has 0 bridgehead atoms. The van der Waals surface area contributed by atoms with E-state index in [0.717, 1.165) is 28.4 Å². The van der Waals surface area contributed by atoms with Crippen molar-refractivity contribution in [3.05, 3.63) is 143 Å². The molecule has 1 atom stereocenters. The molecule has 4 rings (SSSR count). The Balaban J connectivity index is 1.94. The van der Waals surface area contributed by atoms with Crippen molar-refractivity contribution in [3.8, 4) is 5.75 Å². The summed E-state index contributed by atoms with van der Waals surface area (Å²) in [6, 6.07) is 30.7. The summed E-state index contributed by atoms with van der Waals surface area (Å²) in [4.78, 5) is 0. The molecule has 0 saturated heterocycles. The van der Waals surface area contributed by atoms with Crippen LogP contribution in [0.3, 0.4) is 0 Å². The Hall–Kier alpha value is -3.46. The molecule has 4 aromatic rings. The average Bonchev–Trinajstić information content (AvgIpc) is 2.80. The van der Waals surface area contributed by atoms with Crippen LogP contribution in [0.2, 0.25) is 0 Å². The van der Waals surface area contributed by atoms with Gasteiger partial charge in [-0.1, -0.05) is 72.8 Å². The fourth-order valence-electron chi connectivity index (χ4n) is 3.75. The zero-order valence-corrected chi connectivity index (χ0v) is 16.6.